The van der Waals surface area contributed by atoms with Gasteiger partial charge in [0, 0.05) is 22.3 Å². The maximum atomic E-state index is 11.8. The first kappa shape index (κ1) is 15.5. The Labute approximate surface area is 135 Å². The number of carbonyl (C=O) groups is 1. The topological polar surface area (TPSA) is 51.2 Å². The molecule has 4 nitrogen and oxygen atoms in total. The molecule has 21 heavy (non-hydrogen) atoms. The number of hydrogen-bond donors (Lipinski definition) is 1. The standard InChI is InChI=1S/C15H12BrClN2O2/c1-21-13-5-3-11(16)8-10(13)2-7-15(20)19-14-6-4-12(17)9-18-14/h2-9H,1H3,(H,18,19,20). The molecule has 0 saturated carbocycles. The number of nitrogens with zero attached hydrogens (tertiary/aromatic N) is 1. The van der Waals surface area contributed by atoms with E-state index in [0.29, 0.717) is 16.6 Å². The van der Waals surface area contributed by atoms with E-state index < -0.39 is 0 Å². The minimum Gasteiger partial charge on any atom is -0.496 e. The van der Waals surface area contributed by atoms with Gasteiger partial charge in [0.2, 0.25) is 5.91 Å². The fraction of sp³-hybridized carbons (Fsp3) is 0.0667. The summed E-state index contributed by atoms with van der Waals surface area (Å²) in [7, 11) is 1.58. The van der Waals surface area contributed by atoms with Crippen molar-refractivity contribution in [3.05, 3.63) is 57.7 Å². The second-order valence-electron chi connectivity index (χ2n) is 4.07. The van der Waals surface area contributed by atoms with E-state index in [-0.39, 0.29) is 5.91 Å². The predicted octanol–water partition coefficient (Wildman–Crippen LogP) is 4.16. The monoisotopic (exact) mass is 366 g/mol. The molecule has 0 bridgehead atoms. The number of amides is 1. The minimum absolute atomic E-state index is 0.285. The van der Waals surface area contributed by atoms with Gasteiger partial charge in [0.15, 0.2) is 0 Å². The lowest BCUT2D eigenvalue weighted by Gasteiger charge is -2.05. The van der Waals surface area contributed by atoms with Crippen molar-refractivity contribution in [1.29, 1.82) is 0 Å². The van der Waals surface area contributed by atoms with Crippen molar-refractivity contribution < 1.29 is 9.53 Å². The molecule has 108 valence electrons. The molecule has 1 aromatic heterocycles. The molecule has 6 heteroatoms. The van der Waals surface area contributed by atoms with Gasteiger partial charge in [-0.2, -0.15) is 0 Å². The van der Waals surface area contributed by atoms with Crippen molar-refractivity contribution in [2.75, 3.05) is 12.4 Å². The van der Waals surface area contributed by atoms with Crippen molar-refractivity contribution in [3.63, 3.8) is 0 Å². The molecule has 2 rings (SSSR count). The summed E-state index contributed by atoms with van der Waals surface area (Å²) < 4.78 is 6.14. The van der Waals surface area contributed by atoms with Crippen LogP contribution in [-0.2, 0) is 4.79 Å². The Morgan fingerprint density at radius 3 is 2.86 bits per heavy atom. The lowest BCUT2D eigenvalue weighted by molar-refractivity contribution is -0.111. The lowest BCUT2D eigenvalue weighted by atomic mass is 10.2. The van der Waals surface area contributed by atoms with Crippen molar-refractivity contribution in [3.8, 4) is 5.75 Å². The highest BCUT2D eigenvalue weighted by molar-refractivity contribution is 9.10. The van der Waals surface area contributed by atoms with Crippen LogP contribution < -0.4 is 10.1 Å². The lowest BCUT2D eigenvalue weighted by Crippen LogP contribution is -2.08. The van der Waals surface area contributed by atoms with Crippen LogP contribution in [0.15, 0.2) is 47.1 Å². The van der Waals surface area contributed by atoms with E-state index in [4.69, 9.17) is 16.3 Å². The van der Waals surface area contributed by atoms with Gasteiger partial charge in [0.25, 0.3) is 0 Å². The summed E-state index contributed by atoms with van der Waals surface area (Å²) in [6, 6.07) is 8.85. The summed E-state index contributed by atoms with van der Waals surface area (Å²) in [5, 5.41) is 3.16. The zero-order valence-electron chi connectivity index (χ0n) is 11.1. The average Bonchev–Trinajstić information content (AvgIpc) is 2.48. The van der Waals surface area contributed by atoms with Crippen LogP contribution >= 0.6 is 27.5 Å². The molecule has 0 atom stereocenters. The summed E-state index contributed by atoms with van der Waals surface area (Å²) in [4.78, 5) is 15.8. The fourth-order valence-corrected chi connectivity index (χ4v) is 2.11. The molecule has 0 unspecified atom stereocenters. The van der Waals surface area contributed by atoms with Gasteiger partial charge in [-0.1, -0.05) is 27.5 Å². The zero-order chi connectivity index (χ0) is 15.2. The van der Waals surface area contributed by atoms with Crippen LogP contribution in [0.1, 0.15) is 5.56 Å². The molecule has 0 fully saturated rings. The molecule has 2 aromatic rings. The molecule has 1 N–H and O–H groups in total. The highest BCUT2D eigenvalue weighted by atomic mass is 79.9. The molecule has 0 aliphatic carbocycles. The number of halogens is 2. The van der Waals surface area contributed by atoms with E-state index in [1.807, 2.05) is 18.2 Å². The highest BCUT2D eigenvalue weighted by Gasteiger charge is 2.02. The van der Waals surface area contributed by atoms with E-state index in [1.54, 1.807) is 25.3 Å². The van der Waals surface area contributed by atoms with Crippen LogP contribution in [0.3, 0.4) is 0 Å². The van der Waals surface area contributed by atoms with Crippen LogP contribution in [0.2, 0.25) is 5.02 Å². The third kappa shape index (κ3) is 4.58. The Kier molecular flexibility index (Phi) is 5.36. The number of rotatable bonds is 4. The molecule has 0 radical (unpaired) electrons. The Bertz CT molecular complexity index is 672. The van der Waals surface area contributed by atoms with Gasteiger partial charge in [-0.25, -0.2) is 4.98 Å². The van der Waals surface area contributed by atoms with Gasteiger partial charge in [0.1, 0.15) is 11.6 Å². The summed E-state index contributed by atoms with van der Waals surface area (Å²) >= 11 is 9.11. The zero-order valence-corrected chi connectivity index (χ0v) is 13.5. The first-order valence-electron chi connectivity index (χ1n) is 6.02. The molecule has 0 saturated heterocycles. The molecule has 1 amide bonds. The smallest absolute Gasteiger partial charge is 0.249 e. The molecular formula is C15H12BrClN2O2. The van der Waals surface area contributed by atoms with Gasteiger partial charge < -0.3 is 10.1 Å². The summed E-state index contributed by atoms with van der Waals surface area (Å²) in [6.07, 6.45) is 4.56. The van der Waals surface area contributed by atoms with Crippen LogP contribution in [-0.4, -0.2) is 18.0 Å². The van der Waals surface area contributed by atoms with E-state index in [2.05, 4.69) is 26.2 Å². The second-order valence-corrected chi connectivity index (χ2v) is 5.42. The Morgan fingerprint density at radius 2 is 2.19 bits per heavy atom. The molecule has 0 aliphatic heterocycles. The number of ether oxygens (including phenoxy) is 1. The summed E-state index contributed by atoms with van der Waals surface area (Å²) in [6.45, 7) is 0. The van der Waals surface area contributed by atoms with Gasteiger partial charge >= 0.3 is 0 Å². The Hall–Kier alpha value is -1.85. The molecule has 1 aromatic carbocycles. The van der Waals surface area contributed by atoms with Gasteiger partial charge in [-0.15, -0.1) is 0 Å². The van der Waals surface area contributed by atoms with E-state index in [1.165, 1.54) is 12.3 Å². The van der Waals surface area contributed by atoms with Gasteiger partial charge in [0.05, 0.1) is 12.1 Å². The van der Waals surface area contributed by atoms with Crippen LogP contribution in [0.5, 0.6) is 5.75 Å². The molecule has 0 aliphatic rings. The third-order valence-corrected chi connectivity index (χ3v) is 3.30. The minimum atomic E-state index is -0.285. The Morgan fingerprint density at radius 1 is 1.38 bits per heavy atom. The maximum absolute atomic E-state index is 11.8. The van der Waals surface area contributed by atoms with E-state index in [9.17, 15) is 4.79 Å². The van der Waals surface area contributed by atoms with E-state index in [0.717, 1.165) is 10.0 Å². The third-order valence-electron chi connectivity index (χ3n) is 2.58. The quantitative estimate of drug-likeness (QED) is 0.826. The number of carbonyl (C=O) groups excluding carboxylic acids is 1. The van der Waals surface area contributed by atoms with Crippen LogP contribution in [0, 0.1) is 0 Å². The largest absolute Gasteiger partial charge is 0.496 e. The van der Waals surface area contributed by atoms with Crippen molar-refractivity contribution in [2.24, 2.45) is 0 Å². The summed E-state index contributed by atoms with van der Waals surface area (Å²) in [5.74, 6) is 0.842. The molecule has 0 spiro atoms. The van der Waals surface area contributed by atoms with Crippen molar-refractivity contribution in [2.45, 2.75) is 0 Å². The van der Waals surface area contributed by atoms with Crippen LogP contribution in [0.25, 0.3) is 6.08 Å². The predicted molar refractivity (Wildman–Crippen MR) is 87.6 cm³/mol. The number of anilines is 1. The second kappa shape index (κ2) is 7.24. The molecule has 1 heterocycles. The Balaban J connectivity index is 2.08. The first-order valence-corrected chi connectivity index (χ1v) is 7.20. The van der Waals surface area contributed by atoms with Crippen molar-refractivity contribution >= 4 is 45.3 Å². The SMILES string of the molecule is COc1ccc(Br)cc1C=CC(=O)Nc1ccc(Cl)cn1. The normalized spacial score (nSPS) is 10.6. The first-order chi connectivity index (χ1) is 10.1. The van der Waals surface area contributed by atoms with Gasteiger partial charge in [-0.3, -0.25) is 4.79 Å². The van der Waals surface area contributed by atoms with Gasteiger partial charge in [-0.05, 0) is 36.4 Å². The fourth-order valence-electron chi connectivity index (χ4n) is 1.62. The average molecular weight is 368 g/mol. The highest BCUT2D eigenvalue weighted by Crippen LogP contribution is 2.24. The number of aromatic nitrogens is 1. The van der Waals surface area contributed by atoms with Crippen molar-refractivity contribution in [1.82, 2.24) is 4.98 Å². The molecular weight excluding hydrogens is 356 g/mol. The maximum Gasteiger partial charge on any atom is 0.249 e. The number of nitrogens with one attached hydrogen (secondary N) is 1. The number of benzene rings is 1. The van der Waals surface area contributed by atoms with E-state index >= 15 is 0 Å². The number of pyridine rings is 1. The summed E-state index contributed by atoms with van der Waals surface area (Å²) in [5.41, 5.74) is 0.797. The number of methoxy groups -OCH3 is 1. The van der Waals surface area contributed by atoms with Crippen LogP contribution in [0.4, 0.5) is 5.82 Å². The number of hydrogen-bond acceptors (Lipinski definition) is 3.